The number of nitriles is 1. The van der Waals surface area contributed by atoms with E-state index in [-0.39, 0.29) is 11.6 Å². The molecule has 1 unspecified atom stereocenters. The number of carbonyl (C=O) groups is 1. The van der Waals surface area contributed by atoms with E-state index in [1.807, 2.05) is 33.8 Å². The molecule has 1 rings (SSSR count). The van der Waals surface area contributed by atoms with Gasteiger partial charge < -0.3 is 15.4 Å². The fourth-order valence-electron chi connectivity index (χ4n) is 1.91. The average molecular weight is 321 g/mol. The van der Waals surface area contributed by atoms with Gasteiger partial charge in [0.1, 0.15) is 17.5 Å². The molecule has 0 radical (unpaired) electrons. The minimum Gasteiger partial charge on any atom is -0.444 e. The van der Waals surface area contributed by atoms with Crippen molar-refractivity contribution in [1.82, 2.24) is 10.6 Å². The minimum atomic E-state index is -0.527. The summed E-state index contributed by atoms with van der Waals surface area (Å²) in [5, 5.41) is 14.8. The van der Waals surface area contributed by atoms with Crippen LogP contribution in [0.3, 0.4) is 0 Å². The molecular formula is C17H24FN3O2. The maximum absolute atomic E-state index is 13.3. The van der Waals surface area contributed by atoms with Crippen LogP contribution in [0, 0.1) is 17.1 Å². The van der Waals surface area contributed by atoms with Gasteiger partial charge in [0.05, 0.1) is 5.56 Å². The predicted molar refractivity (Wildman–Crippen MR) is 86.3 cm³/mol. The second-order valence-corrected chi connectivity index (χ2v) is 6.29. The van der Waals surface area contributed by atoms with E-state index < -0.39 is 17.5 Å². The summed E-state index contributed by atoms with van der Waals surface area (Å²) < 4.78 is 18.5. The molecule has 6 heteroatoms. The summed E-state index contributed by atoms with van der Waals surface area (Å²) in [6, 6.07) is 6.32. The van der Waals surface area contributed by atoms with E-state index in [0.717, 1.165) is 12.0 Å². The maximum Gasteiger partial charge on any atom is 0.407 e. The monoisotopic (exact) mass is 321 g/mol. The number of hydrogen-bond acceptors (Lipinski definition) is 4. The van der Waals surface area contributed by atoms with Crippen LogP contribution in [0.25, 0.3) is 0 Å². The molecule has 0 spiro atoms. The van der Waals surface area contributed by atoms with Gasteiger partial charge >= 0.3 is 6.09 Å². The number of hydrogen-bond donors (Lipinski definition) is 2. The number of ether oxygens (including phenoxy) is 1. The molecule has 0 aliphatic rings. The van der Waals surface area contributed by atoms with E-state index in [1.165, 1.54) is 12.1 Å². The first kappa shape index (κ1) is 18.9. The molecule has 2 N–H and O–H groups in total. The Hall–Kier alpha value is -2.13. The number of nitrogens with zero attached hydrogens (tertiary/aromatic N) is 1. The van der Waals surface area contributed by atoms with E-state index >= 15 is 0 Å². The van der Waals surface area contributed by atoms with Crippen molar-refractivity contribution in [2.75, 3.05) is 6.54 Å². The third-order valence-corrected chi connectivity index (χ3v) is 3.13. The third kappa shape index (κ3) is 7.11. The molecule has 0 saturated carbocycles. The van der Waals surface area contributed by atoms with Gasteiger partial charge in [-0.05, 0) is 44.9 Å². The molecule has 1 aromatic rings. The summed E-state index contributed by atoms with van der Waals surface area (Å²) in [4.78, 5) is 11.6. The Morgan fingerprint density at radius 2 is 2.13 bits per heavy atom. The van der Waals surface area contributed by atoms with Crippen LogP contribution in [-0.4, -0.2) is 24.3 Å². The van der Waals surface area contributed by atoms with Crippen molar-refractivity contribution in [3.8, 4) is 6.07 Å². The Balaban J connectivity index is 2.48. The second kappa shape index (κ2) is 8.49. The fraction of sp³-hybridized carbons (Fsp3) is 0.529. The minimum absolute atomic E-state index is 0.0317. The maximum atomic E-state index is 13.3. The normalized spacial score (nSPS) is 12.3. The Morgan fingerprint density at radius 3 is 2.70 bits per heavy atom. The van der Waals surface area contributed by atoms with Crippen molar-refractivity contribution in [3.05, 3.63) is 35.1 Å². The van der Waals surface area contributed by atoms with E-state index in [4.69, 9.17) is 10.00 Å². The molecule has 1 amide bonds. The lowest BCUT2D eigenvalue weighted by molar-refractivity contribution is 0.0522. The van der Waals surface area contributed by atoms with E-state index in [0.29, 0.717) is 13.1 Å². The number of amides is 1. The Labute approximate surface area is 136 Å². The van der Waals surface area contributed by atoms with Crippen LogP contribution < -0.4 is 10.6 Å². The zero-order valence-electron chi connectivity index (χ0n) is 14.1. The van der Waals surface area contributed by atoms with Crippen molar-refractivity contribution in [1.29, 1.82) is 5.26 Å². The summed E-state index contributed by atoms with van der Waals surface area (Å²) in [7, 11) is 0. The van der Waals surface area contributed by atoms with Gasteiger partial charge in [-0.15, -0.1) is 0 Å². The van der Waals surface area contributed by atoms with Gasteiger partial charge in [0.25, 0.3) is 0 Å². The molecule has 126 valence electrons. The number of carbonyl (C=O) groups excluding carboxylic acids is 1. The smallest absolute Gasteiger partial charge is 0.407 e. The molecule has 5 nitrogen and oxygen atoms in total. The largest absolute Gasteiger partial charge is 0.444 e. The standard InChI is InChI=1S/C17H24FN3O2/c1-5-14(11-21-16(22)23-17(2,3)4)20-10-12-6-7-15(18)13(8-12)9-19/h6-8,14,20H,5,10-11H2,1-4H3,(H,21,22). The van der Waals surface area contributed by atoms with Gasteiger partial charge in [-0.25, -0.2) is 9.18 Å². The van der Waals surface area contributed by atoms with Crippen LogP contribution >= 0.6 is 0 Å². The van der Waals surface area contributed by atoms with Gasteiger partial charge in [0, 0.05) is 19.1 Å². The first-order valence-electron chi connectivity index (χ1n) is 7.64. The molecule has 1 aromatic carbocycles. The summed E-state index contributed by atoms with van der Waals surface area (Å²) in [5.41, 5.74) is 0.323. The van der Waals surface area contributed by atoms with Crippen LogP contribution in [0.15, 0.2) is 18.2 Å². The highest BCUT2D eigenvalue weighted by molar-refractivity contribution is 5.67. The van der Waals surface area contributed by atoms with Gasteiger partial charge in [-0.1, -0.05) is 13.0 Å². The lowest BCUT2D eigenvalue weighted by Gasteiger charge is -2.22. The summed E-state index contributed by atoms with van der Waals surface area (Å²) in [6.45, 7) is 8.34. The molecule has 23 heavy (non-hydrogen) atoms. The van der Waals surface area contributed by atoms with Gasteiger partial charge in [-0.2, -0.15) is 5.26 Å². The Morgan fingerprint density at radius 1 is 1.43 bits per heavy atom. The van der Waals surface area contributed by atoms with Gasteiger partial charge in [0.15, 0.2) is 0 Å². The second-order valence-electron chi connectivity index (χ2n) is 6.29. The highest BCUT2D eigenvalue weighted by Crippen LogP contribution is 2.10. The first-order chi connectivity index (χ1) is 10.7. The molecule has 0 saturated heterocycles. The van der Waals surface area contributed by atoms with Crippen LogP contribution in [0.2, 0.25) is 0 Å². The van der Waals surface area contributed by atoms with Crippen LogP contribution in [0.4, 0.5) is 9.18 Å². The van der Waals surface area contributed by atoms with E-state index in [9.17, 15) is 9.18 Å². The van der Waals surface area contributed by atoms with Crippen molar-refractivity contribution < 1.29 is 13.9 Å². The Kier molecular flexibility index (Phi) is 6.98. The summed E-state index contributed by atoms with van der Waals surface area (Å²) >= 11 is 0. The molecule has 0 aliphatic carbocycles. The lowest BCUT2D eigenvalue weighted by Crippen LogP contribution is -2.42. The topological polar surface area (TPSA) is 74.2 Å². The van der Waals surface area contributed by atoms with Crippen LogP contribution in [0.1, 0.15) is 45.2 Å². The van der Waals surface area contributed by atoms with Crippen LogP contribution in [-0.2, 0) is 11.3 Å². The summed E-state index contributed by atoms with van der Waals surface area (Å²) in [5.74, 6) is -0.519. The molecule has 0 fully saturated rings. The molecule has 0 heterocycles. The van der Waals surface area contributed by atoms with Crippen molar-refractivity contribution in [3.63, 3.8) is 0 Å². The fourth-order valence-corrected chi connectivity index (χ4v) is 1.91. The molecule has 1 atom stereocenters. The van der Waals surface area contributed by atoms with Gasteiger partial charge in [-0.3, -0.25) is 0 Å². The van der Waals surface area contributed by atoms with Crippen LogP contribution in [0.5, 0.6) is 0 Å². The number of alkyl carbamates (subject to hydrolysis) is 1. The molecule has 0 aromatic heterocycles. The third-order valence-electron chi connectivity index (χ3n) is 3.13. The average Bonchev–Trinajstić information content (AvgIpc) is 2.47. The van der Waals surface area contributed by atoms with E-state index in [1.54, 1.807) is 6.07 Å². The SMILES string of the molecule is CCC(CNC(=O)OC(C)(C)C)NCc1ccc(F)c(C#N)c1. The van der Waals surface area contributed by atoms with Gasteiger partial charge in [0.2, 0.25) is 0 Å². The van der Waals surface area contributed by atoms with E-state index in [2.05, 4.69) is 10.6 Å². The number of nitrogens with one attached hydrogen (secondary N) is 2. The summed E-state index contributed by atoms with van der Waals surface area (Å²) in [6.07, 6.45) is 0.355. The molecule has 0 aliphatic heterocycles. The highest BCUT2D eigenvalue weighted by atomic mass is 19.1. The Bertz CT molecular complexity index is 576. The number of benzene rings is 1. The predicted octanol–water partition coefficient (Wildman–Crippen LogP) is 3.09. The quantitative estimate of drug-likeness (QED) is 0.844. The number of halogens is 1. The zero-order valence-corrected chi connectivity index (χ0v) is 14.1. The molecule has 0 bridgehead atoms. The van der Waals surface area contributed by atoms with Crippen molar-refractivity contribution in [2.45, 2.75) is 52.3 Å². The lowest BCUT2D eigenvalue weighted by atomic mass is 10.1. The highest BCUT2D eigenvalue weighted by Gasteiger charge is 2.17. The van der Waals surface area contributed by atoms with Crippen molar-refractivity contribution in [2.24, 2.45) is 0 Å². The zero-order chi connectivity index (χ0) is 17.5. The first-order valence-corrected chi connectivity index (χ1v) is 7.64. The van der Waals surface area contributed by atoms with Crippen molar-refractivity contribution >= 4 is 6.09 Å². The number of rotatable bonds is 6. The molecular weight excluding hydrogens is 297 g/mol.